The zero-order valence-corrected chi connectivity index (χ0v) is 43.0. The summed E-state index contributed by atoms with van der Waals surface area (Å²) in [6.07, 6.45) is 79.4. The van der Waals surface area contributed by atoms with Crippen LogP contribution >= 0.6 is 0 Å². The fraction of sp³-hybridized carbons (Fsp3) is 0.532. The molecular formula is C62H94O6. The van der Waals surface area contributed by atoms with Crippen LogP contribution in [0, 0.1) is 0 Å². The van der Waals surface area contributed by atoms with Crippen molar-refractivity contribution < 1.29 is 28.6 Å². The first kappa shape index (κ1) is 63.0. The van der Waals surface area contributed by atoms with E-state index in [1.807, 2.05) is 60.8 Å². The Morgan fingerprint density at radius 1 is 0.324 bits per heavy atom. The highest BCUT2D eigenvalue weighted by molar-refractivity contribution is 5.71. The number of hydrogen-bond acceptors (Lipinski definition) is 6. The average Bonchev–Trinajstić information content (AvgIpc) is 3.34. The van der Waals surface area contributed by atoms with Gasteiger partial charge in [0.05, 0.1) is 0 Å². The fourth-order valence-electron chi connectivity index (χ4n) is 6.48. The standard InChI is InChI=1S/C62H94O6/c1-4-7-10-13-16-19-22-25-28-31-34-37-40-43-46-49-52-55-61(64)67-58-59(57-66-60(63)54-51-48-45-42-39-36-33-30-27-24-21-18-15-12-9-6-3)68-62(65)56-53-50-47-44-41-38-35-32-29-26-23-20-17-14-11-8-5-2/h7,9-10,12-13,16,18-19,21-22,25-31,34-40,44,47,59H,4-6,8,11,14-15,17,20,23-24,32-33,41-43,45-46,48-58H2,1-3H3/b10-7-,12-9-,16-13-,21-18-,22-19-,28-25-,29-26-,30-27-,34-31+,38-35-,39-36-,40-37-,47-44-. The van der Waals surface area contributed by atoms with Crippen LogP contribution in [0.2, 0.25) is 0 Å². The van der Waals surface area contributed by atoms with Crippen LogP contribution in [0.3, 0.4) is 0 Å². The Morgan fingerprint density at radius 3 is 1.12 bits per heavy atom. The Kier molecular flexibility index (Phi) is 50.6. The lowest BCUT2D eigenvalue weighted by atomic mass is 10.1. The summed E-state index contributed by atoms with van der Waals surface area (Å²) in [7, 11) is 0. The molecule has 0 aliphatic heterocycles. The number of rotatable bonds is 45. The van der Waals surface area contributed by atoms with E-state index in [4.69, 9.17) is 14.2 Å². The number of ether oxygens (including phenoxy) is 3. The van der Waals surface area contributed by atoms with Crippen LogP contribution in [0.4, 0.5) is 0 Å². The van der Waals surface area contributed by atoms with Gasteiger partial charge in [0.1, 0.15) is 13.2 Å². The molecule has 0 aliphatic carbocycles. The molecule has 0 aromatic heterocycles. The van der Waals surface area contributed by atoms with Gasteiger partial charge in [-0.2, -0.15) is 0 Å². The van der Waals surface area contributed by atoms with Gasteiger partial charge in [0.2, 0.25) is 0 Å². The van der Waals surface area contributed by atoms with E-state index in [0.29, 0.717) is 19.3 Å². The molecule has 0 fully saturated rings. The highest BCUT2D eigenvalue weighted by Crippen LogP contribution is 2.11. The highest BCUT2D eigenvalue weighted by Gasteiger charge is 2.19. The second-order valence-corrected chi connectivity index (χ2v) is 16.8. The molecule has 6 heteroatoms. The van der Waals surface area contributed by atoms with Gasteiger partial charge in [-0.05, 0) is 109 Å². The van der Waals surface area contributed by atoms with E-state index in [-0.39, 0.29) is 38.0 Å². The van der Waals surface area contributed by atoms with E-state index in [0.717, 1.165) is 96.3 Å². The molecular weight excluding hydrogens is 841 g/mol. The summed E-state index contributed by atoms with van der Waals surface area (Å²) in [4.78, 5) is 38.0. The Hall–Kier alpha value is -4.97. The smallest absolute Gasteiger partial charge is 0.306 e. The van der Waals surface area contributed by atoms with E-state index in [1.165, 1.54) is 44.9 Å². The van der Waals surface area contributed by atoms with Crippen LogP contribution in [-0.4, -0.2) is 37.2 Å². The van der Waals surface area contributed by atoms with Crippen molar-refractivity contribution in [2.24, 2.45) is 0 Å². The maximum Gasteiger partial charge on any atom is 0.306 e. The minimum atomic E-state index is -0.844. The van der Waals surface area contributed by atoms with Gasteiger partial charge in [0.25, 0.3) is 0 Å². The van der Waals surface area contributed by atoms with E-state index in [1.54, 1.807) is 0 Å². The first-order chi connectivity index (χ1) is 33.5. The van der Waals surface area contributed by atoms with Gasteiger partial charge < -0.3 is 14.2 Å². The molecule has 0 heterocycles. The van der Waals surface area contributed by atoms with E-state index < -0.39 is 12.1 Å². The molecule has 0 rings (SSSR count). The average molecular weight is 935 g/mol. The van der Waals surface area contributed by atoms with E-state index in [9.17, 15) is 14.4 Å². The quantitative estimate of drug-likeness (QED) is 0.0199. The number of hydrogen-bond donors (Lipinski definition) is 0. The lowest BCUT2D eigenvalue weighted by molar-refractivity contribution is -0.167. The highest BCUT2D eigenvalue weighted by atomic mass is 16.6. The fourth-order valence-corrected chi connectivity index (χ4v) is 6.48. The van der Waals surface area contributed by atoms with Crippen LogP contribution in [0.25, 0.3) is 0 Å². The van der Waals surface area contributed by atoms with Gasteiger partial charge in [-0.25, -0.2) is 0 Å². The van der Waals surface area contributed by atoms with Crippen LogP contribution in [-0.2, 0) is 28.6 Å². The van der Waals surface area contributed by atoms with Crippen LogP contribution in [0.15, 0.2) is 158 Å². The van der Waals surface area contributed by atoms with Crippen LogP contribution < -0.4 is 0 Å². The molecule has 378 valence electrons. The molecule has 0 aromatic rings. The van der Waals surface area contributed by atoms with Gasteiger partial charge in [0.15, 0.2) is 6.10 Å². The molecule has 1 atom stereocenters. The number of allylic oxidation sites excluding steroid dienone is 26. The lowest BCUT2D eigenvalue weighted by Gasteiger charge is -2.18. The van der Waals surface area contributed by atoms with E-state index in [2.05, 4.69) is 118 Å². The molecule has 0 radical (unpaired) electrons. The minimum Gasteiger partial charge on any atom is -0.462 e. The number of unbranched alkanes of at least 4 members (excludes halogenated alkanes) is 13. The van der Waals surface area contributed by atoms with E-state index >= 15 is 0 Å². The SMILES string of the molecule is CC\C=C/C=C\C=C/C=C\C=C\C=C/CCCCCC(=O)OCC(COC(=O)CCCCC/C=C\C/C=C\C/C=C\C/C=C\CC)OC(=O)CCC/C=C\C/C=C\C/C=C\CCCCCCCC. The summed E-state index contributed by atoms with van der Waals surface area (Å²) in [5, 5.41) is 0. The second kappa shape index (κ2) is 54.6. The predicted molar refractivity (Wildman–Crippen MR) is 292 cm³/mol. The first-order valence-corrected chi connectivity index (χ1v) is 26.6. The molecule has 0 saturated carbocycles. The van der Waals surface area contributed by atoms with Crippen LogP contribution in [0.5, 0.6) is 0 Å². The molecule has 0 N–H and O–H groups in total. The Morgan fingerprint density at radius 2 is 0.662 bits per heavy atom. The van der Waals surface area contributed by atoms with Gasteiger partial charge in [-0.15, -0.1) is 0 Å². The summed E-state index contributed by atoms with van der Waals surface area (Å²) < 4.78 is 16.7. The third-order valence-electron chi connectivity index (χ3n) is 10.4. The monoisotopic (exact) mass is 935 g/mol. The minimum absolute atomic E-state index is 0.137. The Balaban J connectivity index is 4.65. The lowest BCUT2D eigenvalue weighted by Crippen LogP contribution is -2.30. The second-order valence-electron chi connectivity index (χ2n) is 16.8. The Bertz CT molecular complexity index is 1590. The Labute approximate surface area is 416 Å². The van der Waals surface area contributed by atoms with Crippen molar-refractivity contribution >= 4 is 17.9 Å². The largest absolute Gasteiger partial charge is 0.462 e. The van der Waals surface area contributed by atoms with Crippen molar-refractivity contribution in [2.45, 2.75) is 200 Å². The molecule has 0 spiro atoms. The molecule has 0 saturated heterocycles. The predicted octanol–water partition coefficient (Wildman–Crippen LogP) is 17.8. The maximum absolute atomic E-state index is 12.8. The number of esters is 3. The maximum atomic E-state index is 12.8. The molecule has 0 aliphatic rings. The van der Waals surface area contributed by atoms with Crippen molar-refractivity contribution in [3.63, 3.8) is 0 Å². The zero-order chi connectivity index (χ0) is 49.3. The zero-order valence-electron chi connectivity index (χ0n) is 43.0. The number of carbonyl (C=O) groups is 3. The normalized spacial score (nSPS) is 13.4. The van der Waals surface area contributed by atoms with Crippen molar-refractivity contribution in [3.8, 4) is 0 Å². The first-order valence-electron chi connectivity index (χ1n) is 26.6. The summed E-state index contributed by atoms with van der Waals surface area (Å²) in [6, 6.07) is 0. The summed E-state index contributed by atoms with van der Waals surface area (Å²) in [6.45, 7) is 6.24. The molecule has 0 amide bonds. The summed E-state index contributed by atoms with van der Waals surface area (Å²) in [5.74, 6) is -1.08. The third kappa shape index (κ3) is 52.0. The summed E-state index contributed by atoms with van der Waals surface area (Å²) in [5.41, 5.74) is 0. The molecule has 1 unspecified atom stereocenters. The van der Waals surface area contributed by atoms with Crippen molar-refractivity contribution in [2.75, 3.05) is 13.2 Å². The summed E-state index contributed by atoms with van der Waals surface area (Å²) >= 11 is 0. The third-order valence-corrected chi connectivity index (χ3v) is 10.4. The van der Waals surface area contributed by atoms with Gasteiger partial charge in [-0.1, -0.05) is 224 Å². The van der Waals surface area contributed by atoms with Crippen molar-refractivity contribution in [1.82, 2.24) is 0 Å². The van der Waals surface area contributed by atoms with Crippen LogP contribution in [0.1, 0.15) is 194 Å². The van der Waals surface area contributed by atoms with Gasteiger partial charge in [0, 0.05) is 19.3 Å². The topological polar surface area (TPSA) is 78.9 Å². The van der Waals surface area contributed by atoms with Crippen molar-refractivity contribution in [3.05, 3.63) is 158 Å². The molecule has 0 aromatic carbocycles. The van der Waals surface area contributed by atoms with Crippen molar-refractivity contribution in [1.29, 1.82) is 0 Å². The number of carbonyl (C=O) groups excluding carboxylic acids is 3. The molecule has 6 nitrogen and oxygen atoms in total. The molecule has 0 bridgehead atoms. The molecule has 68 heavy (non-hydrogen) atoms. The van der Waals surface area contributed by atoms with Gasteiger partial charge >= 0.3 is 17.9 Å². The van der Waals surface area contributed by atoms with Gasteiger partial charge in [-0.3, -0.25) is 14.4 Å².